The number of hydroxylamine groups is 1. The Kier molecular flexibility index (Phi) is 4.39. The highest BCUT2D eigenvalue weighted by atomic mass is 16.6. The molecule has 1 aromatic rings. The fraction of sp³-hybridized carbons (Fsp3) is 0.500. The SMILES string of the molecule is CONCc1ccccc1N1CCN(C(C)C)C1=O. The van der Waals surface area contributed by atoms with E-state index in [-0.39, 0.29) is 12.1 Å². The van der Waals surface area contributed by atoms with Gasteiger partial charge in [-0.3, -0.25) is 4.90 Å². The molecule has 1 aromatic carbocycles. The minimum atomic E-state index is 0.0832. The van der Waals surface area contributed by atoms with Crippen molar-refractivity contribution in [2.75, 3.05) is 25.1 Å². The zero-order chi connectivity index (χ0) is 13.8. The molecule has 1 aliphatic rings. The van der Waals surface area contributed by atoms with Gasteiger partial charge < -0.3 is 9.74 Å². The Morgan fingerprint density at radius 2 is 2.05 bits per heavy atom. The van der Waals surface area contributed by atoms with Gasteiger partial charge in [-0.1, -0.05) is 18.2 Å². The maximum Gasteiger partial charge on any atom is 0.324 e. The molecule has 0 bridgehead atoms. The van der Waals surface area contributed by atoms with Crippen LogP contribution in [0.1, 0.15) is 19.4 Å². The van der Waals surface area contributed by atoms with E-state index in [9.17, 15) is 4.79 Å². The Balaban J connectivity index is 2.20. The lowest BCUT2D eigenvalue weighted by molar-refractivity contribution is 0.0868. The van der Waals surface area contributed by atoms with E-state index in [4.69, 9.17) is 4.84 Å². The molecule has 1 heterocycles. The summed E-state index contributed by atoms with van der Waals surface area (Å²) >= 11 is 0. The van der Waals surface area contributed by atoms with Crippen LogP contribution in [0, 0.1) is 0 Å². The van der Waals surface area contributed by atoms with Crippen LogP contribution in [0.2, 0.25) is 0 Å². The van der Waals surface area contributed by atoms with E-state index in [1.807, 2.05) is 47.9 Å². The summed E-state index contributed by atoms with van der Waals surface area (Å²) in [5.74, 6) is 0. The third kappa shape index (κ3) is 2.88. The summed E-state index contributed by atoms with van der Waals surface area (Å²) in [6.07, 6.45) is 0. The first-order valence-corrected chi connectivity index (χ1v) is 6.57. The van der Waals surface area contributed by atoms with Crippen molar-refractivity contribution in [3.8, 4) is 0 Å². The molecule has 0 aliphatic carbocycles. The molecule has 1 saturated heterocycles. The summed E-state index contributed by atoms with van der Waals surface area (Å²) in [6.45, 7) is 6.18. The average Bonchev–Trinajstić information content (AvgIpc) is 2.78. The van der Waals surface area contributed by atoms with Crippen LogP contribution >= 0.6 is 0 Å². The van der Waals surface area contributed by atoms with Crippen molar-refractivity contribution in [1.82, 2.24) is 10.4 Å². The molecule has 0 saturated carbocycles. The van der Waals surface area contributed by atoms with Crippen molar-refractivity contribution in [3.05, 3.63) is 29.8 Å². The summed E-state index contributed by atoms with van der Waals surface area (Å²) in [6, 6.07) is 8.23. The molecule has 1 fully saturated rings. The van der Waals surface area contributed by atoms with E-state index >= 15 is 0 Å². The van der Waals surface area contributed by atoms with E-state index in [0.717, 1.165) is 24.3 Å². The van der Waals surface area contributed by atoms with Gasteiger partial charge in [-0.15, -0.1) is 0 Å². The van der Waals surface area contributed by atoms with E-state index in [0.29, 0.717) is 6.54 Å². The van der Waals surface area contributed by atoms with Gasteiger partial charge in [-0.05, 0) is 25.5 Å². The zero-order valence-corrected chi connectivity index (χ0v) is 11.7. The minimum Gasteiger partial charge on any atom is -0.320 e. The Morgan fingerprint density at radius 1 is 1.32 bits per heavy atom. The van der Waals surface area contributed by atoms with Gasteiger partial charge in [0.05, 0.1) is 12.8 Å². The maximum atomic E-state index is 12.4. The van der Waals surface area contributed by atoms with Crippen molar-refractivity contribution in [2.24, 2.45) is 0 Å². The monoisotopic (exact) mass is 263 g/mol. The first-order valence-electron chi connectivity index (χ1n) is 6.57. The van der Waals surface area contributed by atoms with Gasteiger partial charge in [0.15, 0.2) is 0 Å². The molecule has 2 amide bonds. The van der Waals surface area contributed by atoms with E-state index < -0.39 is 0 Å². The highest BCUT2D eigenvalue weighted by Gasteiger charge is 2.31. The second-order valence-electron chi connectivity index (χ2n) is 4.88. The predicted octanol–water partition coefficient (Wildman–Crippen LogP) is 1.99. The van der Waals surface area contributed by atoms with E-state index in [1.165, 1.54) is 0 Å². The molecule has 19 heavy (non-hydrogen) atoms. The van der Waals surface area contributed by atoms with Crippen molar-refractivity contribution in [1.29, 1.82) is 0 Å². The largest absolute Gasteiger partial charge is 0.324 e. The van der Waals surface area contributed by atoms with Crippen LogP contribution in [0.25, 0.3) is 0 Å². The molecular weight excluding hydrogens is 242 g/mol. The predicted molar refractivity (Wildman–Crippen MR) is 74.9 cm³/mol. The van der Waals surface area contributed by atoms with Gasteiger partial charge in [0, 0.05) is 25.7 Å². The van der Waals surface area contributed by atoms with Gasteiger partial charge in [0.1, 0.15) is 0 Å². The topological polar surface area (TPSA) is 44.8 Å². The molecule has 104 valence electrons. The summed E-state index contributed by atoms with van der Waals surface area (Å²) < 4.78 is 0. The zero-order valence-electron chi connectivity index (χ0n) is 11.7. The molecule has 1 aliphatic heterocycles. The highest BCUT2D eigenvalue weighted by Crippen LogP contribution is 2.25. The number of anilines is 1. The van der Waals surface area contributed by atoms with Gasteiger partial charge in [0.2, 0.25) is 0 Å². The first-order chi connectivity index (χ1) is 9.15. The number of carbonyl (C=O) groups excluding carboxylic acids is 1. The number of hydrogen-bond donors (Lipinski definition) is 1. The second-order valence-corrected chi connectivity index (χ2v) is 4.88. The normalized spacial score (nSPS) is 15.7. The van der Waals surface area contributed by atoms with E-state index in [2.05, 4.69) is 5.48 Å². The molecule has 0 spiro atoms. The molecule has 5 heteroatoms. The molecule has 0 unspecified atom stereocenters. The average molecular weight is 263 g/mol. The lowest BCUT2D eigenvalue weighted by atomic mass is 10.1. The first kappa shape index (κ1) is 13.8. The van der Waals surface area contributed by atoms with Crippen LogP contribution in [0.15, 0.2) is 24.3 Å². The molecular formula is C14H21N3O2. The van der Waals surface area contributed by atoms with E-state index in [1.54, 1.807) is 7.11 Å². The van der Waals surface area contributed by atoms with Gasteiger partial charge in [-0.25, -0.2) is 4.79 Å². The molecule has 0 radical (unpaired) electrons. The number of rotatable bonds is 5. The van der Waals surface area contributed by atoms with Gasteiger partial charge in [-0.2, -0.15) is 5.48 Å². The van der Waals surface area contributed by atoms with Crippen LogP contribution < -0.4 is 10.4 Å². The molecule has 0 atom stereocenters. The number of amides is 2. The molecule has 2 rings (SSSR count). The van der Waals surface area contributed by atoms with Crippen LogP contribution in [0.4, 0.5) is 10.5 Å². The lowest BCUT2D eigenvalue weighted by Crippen LogP contribution is -2.36. The van der Waals surface area contributed by atoms with Crippen molar-refractivity contribution in [2.45, 2.75) is 26.4 Å². The third-order valence-corrected chi connectivity index (χ3v) is 3.35. The van der Waals surface area contributed by atoms with Crippen molar-refractivity contribution < 1.29 is 9.63 Å². The highest BCUT2D eigenvalue weighted by molar-refractivity contribution is 5.95. The van der Waals surface area contributed by atoms with Crippen LogP contribution in [-0.2, 0) is 11.4 Å². The summed E-state index contributed by atoms with van der Waals surface area (Å²) in [5, 5.41) is 0. The number of hydrogen-bond acceptors (Lipinski definition) is 3. The minimum absolute atomic E-state index is 0.0832. The van der Waals surface area contributed by atoms with Gasteiger partial charge >= 0.3 is 6.03 Å². The fourth-order valence-electron chi connectivity index (χ4n) is 2.33. The number of urea groups is 1. The Labute approximate surface area is 114 Å². The van der Waals surface area contributed by atoms with Crippen LogP contribution in [-0.4, -0.2) is 37.2 Å². The molecule has 5 nitrogen and oxygen atoms in total. The smallest absolute Gasteiger partial charge is 0.320 e. The standard InChI is InChI=1S/C14H21N3O2/c1-11(2)16-8-9-17(14(16)18)13-7-5-4-6-12(13)10-15-19-3/h4-7,11,15H,8-10H2,1-3H3. The van der Waals surface area contributed by atoms with Crippen molar-refractivity contribution >= 4 is 11.7 Å². The lowest BCUT2D eigenvalue weighted by Gasteiger charge is -2.23. The maximum absolute atomic E-state index is 12.4. The van der Waals surface area contributed by atoms with Crippen molar-refractivity contribution in [3.63, 3.8) is 0 Å². The summed E-state index contributed by atoms with van der Waals surface area (Å²) in [5.41, 5.74) is 4.84. The Morgan fingerprint density at radius 3 is 2.68 bits per heavy atom. The molecule has 0 aromatic heterocycles. The number of para-hydroxylation sites is 1. The third-order valence-electron chi connectivity index (χ3n) is 3.35. The fourth-order valence-corrected chi connectivity index (χ4v) is 2.33. The Hall–Kier alpha value is -1.59. The van der Waals surface area contributed by atoms with Crippen LogP contribution in [0.5, 0.6) is 0 Å². The summed E-state index contributed by atoms with van der Waals surface area (Å²) in [7, 11) is 1.59. The Bertz CT molecular complexity index is 448. The van der Waals surface area contributed by atoms with Gasteiger partial charge in [0.25, 0.3) is 0 Å². The molecule has 1 N–H and O–H groups in total. The number of carbonyl (C=O) groups is 1. The quantitative estimate of drug-likeness (QED) is 0.826. The second kappa shape index (κ2) is 6.04. The number of nitrogens with zero attached hydrogens (tertiary/aromatic N) is 2. The summed E-state index contributed by atoms with van der Waals surface area (Å²) in [4.78, 5) is 21.0. The number of benzene rings is 1. The van der Waals surface area contributed by atoms with Crippen LogP contribution in [0.3, 0.4) is 0 Å². The number of nitrogens with one attached hydrogen (secondary N) is 1.